The Labute approximate surface area is 121 Å². The van der Waals surface area contributed by atoms with Crippen molar-refractivity contribution in [2.75, 3.05) is 24.6 Å². The van der Waals surface area contributed by atoms with Crippen LogP contribution >= 0.6 is 0 Å². The van der Waals surface area contributed by atoms with Crippen molar-refractivity contribution in [1.29, 1.82) is 0 Å². The first-order chi connectivity index (χ1) is 9.69. The molecule has 2 unspecified atom stereocenters. The maximum absolute atomic E-state index is 5.92. The Bertz CT molecular complexity index is 438. The molecule has 2 atom stereocenters. The normalized spacial score (nSPS) is 22.0. The minimum Gasteiger partial charge on any atom is -0.478 e. The molecule has 20 heavy (non-hydrogen) atoms. The van der Waals surface area contributed by atoms with Crippen LogP contribution in [0.4, 0.5) is 5.82 Å². The van der Waals surface area contributed by atoms with Gasteiger partial charge in [-0.1, -0.05) is 6.42 Å². The monoisotopic (exact) mass is 278 g/mol. The molecule has 1 aromatic heterocycles. The third-order valence-electron chi connectivity index (χ3n) is 4.05. The summed E-state index contributed by atoms with van der Waals surface area (Å²) in [5.74, 6) is 2.96. The number of hydrogen-bond donors (Lipinski definition) is 1. The van der Waals surface area contributed by atoms with Gasteiger partial charge in [0.1, 0.15) is 11.6 Å². The third-order valence-corrected chi connectivity index (χ3v) is 4.05. The van der Waals surface area contributed by atoms with E-state index in [0.717, 1.165) is 24.7 Å². The van der Waals surface area contributed by atoms with Gasteiger partial charge in [-0.2, -0.15) is 4.98 Å². The van der Waals surface area contributed by atoms with Gasteiger partial charge in [-0.25, -0.2) is 4.98 Å². The van der Waals surface area contributed by atoms with E-state index in [9.17, 15) is 0 Å². The number of ether oxygens (including phenoxy) is 1. The Kier molecular flexibility index (Phi) is 5.17. The van der Waals surface area contributed by atoms with Crippen LogP contribution < -0.4 is 15.4 Å². The molecule has 5 heteroatoms. The summed E-state index contributed by atoms with van der Waals surface area (Å²) >= 11 is 0. The van der Waals surface area contributed by atoms with E-state index in [1.807, 2.05) is 19.9 Å². The van der Waals surface area contributed by atoms with Crippen molar-refractivity contribution in [2.24, 2.45) is 11.7 Å². The minimum absolute atomic E-state index is 0.494. The Morgan fingerprint density at radius 2 is 2.15 bits per heavy atom. The number of aromatic nitrogens is 2. The topological polar surface area (TPSA) is 64.3 Å². The van der Waals surface area contributed by atoms with Gasteiger partial charge in [0.25, 0.3) is 0 Å². The second-order valence-electron chi connectivity index (χ2n) is 5.32. The van der Waals surface area contributed by atoms with Crippen molar-refractivity contribution in [3.8, 4) is 5.88 Å². The zero-order valence-corrected chi connectivity index (χ0v) is 12.8. The molecule has 1 saturated carbocycles. The standard InChI is InChI=1S/C15H26N4O/c1-4-19(13-8-6-7-12(13)10-16)14-9-15(20-5-2)18-11(3)17-14/h9,12-13H,4-8,10,16H2,1-3H3. The van der Waals surface area contributed by atoms with Crippen molar-refractivity contribution in [2.45, 2.75) is 46.1 Å². The lowest BCUT2D eigenvalue weighted by molar-refractivity contribution is 0.325. The van der Waals surface area contributed by atoms with Crippen LogP contribution in [-0.2, 0) is 0 Å². The largest absolute Gasteiger partial charge is 0.478 e. The van der Waals surface area contributed by atoms with E-state index in [1.54, 1.807) is 0 Å². The summed E-state index contributed by atoms with van der Waals surface area (Å²) in [6.07, 6.45) is 3.67. The van der Waals surface area contributed by atoms with Gasteiger partial charge in [0.15, 0.2) is 0 Å². The van der Waals surface area contributed by atoms with Crippen LogP contribution in [-0.4, -0.2) is 35.7 Å². The average molecular weight is 278 g/mol. The fourth-order valence-electron chi connectivity index (χ4n) is 3.16. The van der Waals surface area contributed by atoms with Gasteiger partial charge in [-0.05, 0) is 46.1 Å². The number of nitrogens with two attached hydrogens (primary N) is 1. The summed E-state index contributed by atoms with van der Waals surface area (Å²) in [6, 6.07) is 2.44. The maximum atomic E-state index is 5.92. The second-order valence-corrected chi connectivity index (χ2v) is 5.32. The molecule has 0 amide bonds. The van der Waals surface area contributed by atoms with Gasteiger partial charge < -0.3 is 15.4 Å². The third kappa shape index (κ3) is 3.20. The lowest BCUT2D eigenvalue weighted by Gasteiger charge is -2.33. The molecule has 112 valence electrons. The predicted molar refractivity (Wildman–Crippen MR) is 81.1 cm³/mol. The molecule has 1 fully saturated rings. The Hall–Kier alpha value is -1.36. The smallest absolute Gasteiger partial charge is 0.218 e. The number of anilines is 1. The molecule has 0 saturated heterocycles. The van der Waals surface area contributed by atoms with Crippen molar-refractivity contribution >= 4 is 5.82 Å². The molecule has 2 N–H and O–H groups in total. The number of aryl methyl sites for hydroxylation is 1. The van der Waals surface area contributed by atoms with Gasteiger partial charge in [-0.3, -0.25) is 0 Å². The van der Waals surface area contributed by atoms with E-state index < -0.39 is 0 Å². The fraction of sp³-hybridized carbons (Fsp3) is 0.733. The molecule has 1 aliphatic rings. The van der Waals surface area contributed by atoms with Gasteiger partial charge >= 0.3 is 0 Å². The average Bonchev–Trinajstić information content (AvgIpc) is 2.88. The second kappa shape index (κ2) is 6.88. The van der Waals surface area contributed by atoms with E-state index in [0.29, 0.717) is 24.4 Å². The quantitative estimate of drug-likeness (QED) is 0.863. The highest BCUT2D eigenvalue weighted by atomic mass is 16.5. The molecule has 1 heterocycles. The molecule has 5 nitrogen and oxygen atoms in total. The molecule has 0 spiro atoms. The predicted octanol–water partition coefficient (Wildman–Crippen LogP) is 2.14. The molecule has 1 aromatic rings. The molecule has 1 aliphatic carbocycles. The van der Waals surface area contributed by atoms with E-state index in [2.05, 4.69) is 21.8 Å². The summed E-state index contributed by atoms with van der Waals surface area (Å²) in [7, 11) is 0. The van der Waals surface area contributed by atoms with Crippen LogP contribution in [0.15, 0.2) is 6.07 Å². The van der Waals surface area contributed by atoms with Crippen molar-refractivity contribution in [1.82, 2.24) is 9.97 Å². The lowest BCUT2D eigenvalue weighted by Crippen LogP contribution is -2.41. The molecule has 0 radical (unpaired) electrons. The highest BCUT2D eigenvalue weighted by Gasteiger charge is 2.31. The highest BCUT2D eigenvalue weighted by molar-refractivity contribution is 5.43. The van der Waals surface area contributed by atoms with Crippen molar-refractivity contribution in [3.63, 3.8) is 0 Å². The maximum Gasteiger partial charge on any atom is 0.218 e. The summed E-state index contributed by atoms with van der Waals surface area (Å²) in [5, 5.41) is 0. The Balaban J connectivity index is 2.26. The van der Waals surface area contributed by atoms with Crippen LogP contribution in [0.25, 0.3) is 0 Å². The molecular weight excluding hydrogens is 252 g/mol. The highest BCUT2D eigenvalue weighted by Crippen LogP contribution is 2.32. The molecule has 2 rings (SSSR count). The minimum atomic E-state index is 0.494. The lowest BCUT2D eigenvalue weighted by atomic mass is 10.0. The van der Waals surface area contributed by atoms with E-state index >= 15 is 0 Å². The van der Waals surface area contributed by atoms with Crippen LogP contribution in [0.5, 0.6) is 5.88 Å². The van der Waals surface area contributed by atoms with Crippen molar-refractivity contribution < 1.29 is 4.74 Å². The Morgan fingerprint density at radius 3 is 2.80 bits per heavy atom. The van der Waals surface area contributed by atoms with E-state index in [-0.39, 0.29) is 0 Å². The van der Waals surface area contributed by atoms with E-state index in [1.165, 1.54) is 19.3 Å². The number of nitrogens with zero attached hydrogens (tertiary/aromatic N) is 3. The SMILES string of the molecule is CCOc1cc(N(CC)C2CCCC2CN)nc(C)n1. The van der Waals surface area contributed by atoms with Crippen LogP contribution in [0.2, 0.25) is 0 Å². The first-order valence-electron chi connectivity index (χ1n) is 7.64. The number of hydrogen-bond acceptors (Lipinski definition) is 5. The number of rotatable bonds is 6. The summed E-state index contributed by atoms with van der Waals surface area (Å²) in [5.41, 5.74) is 5.92. The van der Waals surface area contributed by atoms with Crippen LogP contribution in [0.1, 0.15) is 38.9 Å². The zero-order chi connectivity index (χ0) is 14.5. The first-order valence-corrected chi connectivity index (χ1v) is 7.64. The van der Waals surface area contributed by atoms with Crippen molar-refractivity contribution in [3.05, 3.63) is 11.9 Å². The Morgan fingerprint density at radius 1 is 1.35 bits per heavy atom. The molecule has 0 aromatic carbocycles. The van der Waals surface area contributed by atoms with Gasteiger partial charge in [-0.15, -0.1) is 0 Å². The molecular formula is C15H26N4O. The summed E-state index contributed by atoms with van der Waals surface area (Å²) in [6.45, 7) is 8.36. The van der Waals surface area contributed by atoms with Crippen LogP contribution in [0.3, 0.4) is 0 Å². The fourth-order valence-corrected chi connectivity index (χ4v) is 3.16. The zero-order valence-electron chi connectivity index (χ0n) is 12.8. The summed E-state index contributed by atoms with van der Waals surface area (Å²) in [4.78, 5) is 11.3. The van der Waals surface area contributed by atoms with Crippen LogP contribution in [0, 0.1) is 12.8 Å². The van der Waals surface area contributed by atoms with Gasteiger partial charge in [0.05, 0.1) is 6.61 Å². The first kappa shape index (κ1) is 15.0. The van der Waals surface area contributed by atoms with Gasteiger partial charge in [0, 0.05) is 18.7 Å². The van der Waals surface area contributed by atoms with E-state index in [4.69, 9.17) is 10.5 Å². The van der Waals surface area contributed by atoms with Gasteiger partial charge in [0.2, 0.25) is 5.88 Å². The molecule has 0 aliphatic heterocycles. The summed E-state index contributed by atoms with van der Waals surface area (Å²) < 4.78 is 5.54. The molecule has 0 bridgehead atoms.